The molecule has 0 amide bonds. The Balaban J connectivity index is 2.25. The van der Waals surface area contributed by atoms with Crippen LogP contribution in [0, 0.1) is 40.9 Å². The van der Waals surface area contributed by atoms with E-state index < -0.39 is 0 Å². The molecule has 2 rings (SSSR count). The van der Waals surface area contributed by atoms with Crippen molar-refractivity contribution in [3.05, 3.63) is 41.4 Å². The van der Waals surface area contributed by atoms with Crippen LogP contribution in [0.25, 0.3) is 11.5 Å². The van der Waals surface area contributed by atoms with Gasteiger partial charge >= 0.3 is 0 Å². The Morgan fingerprint density at radius 3 is 2.19 bits per heavy atom. The summed E-state index contributed by atoms with van der Waals surface area (Å²) in [6.45, 7) is 1.70. The Morgan fingerprint density at radius 2 is 1.71 bits per heavy atom. The first-order valence-electron chi connectivity index (χ1n) is 5.80. The first-order valence-corrected chi connectivity index (χ1v) is 5.80. The Morgan fingerprint density at radius 1 is 1.05 bits per heavy atom. The zero-order chi connectivity index (χ0) is 15.2. The van der Waals surface area contributed by atoms with Gasteiger partial charge in [0.25, 0.3) is 0 Å². The van der Waals surface area contributed by atoms with E-state index in [9.17, 15) is 0 Å². The number of hydrogen-bond donors (Lipinski definition) is 1. The normalized spacial score (nSPS) is 9.05. The number of nitrogens with one attached hydrogen (secondary N) is 1. The molecule has 21 heavy (non-hydrogen) atoms. The van der Waals surface area contributed by atoms with Gasteiger partial charge < -0.3 is 9.73 Å². The van der Waals surface area contributed by atoms with E-state index in [1.807, 2.05) is 0 Å². The average molecular weight is 276 g/mol. The first kappa shape index (κ1) is 13.8. The lowest BCUT2D eigenvalue weighted by molar-refractivity contribution is 0.533. The molecule has 7 heteroatoms. The third kappa shape index (κ3) is 3.04. The topological polar surface area (TPSA) is 122 Å². The number of aryl methyl sites for hydroxylation is 1. The van der Waals surface area contributed by atoms with E-state index in [2.05, 4.69) is 15.5 Å². The fraction of sp³-hybridized carbons (Fsp3) is 0.0714. The molecular weight excluding hydrogens is 268 g/mol. The lowest BCUT2D eigenvalue weighted by Gasteiger charge is -2.04. The molecule has 0 spiro atoms. The molecular formula is C14H8N6O. The summed E-state index contributed by atoms with van der Waals surface area (Å²) < 4.78 is 5.29. The molecule has 1 aromatic carbocycles. The Bertz CT molecular complexity index is 795. The van der Waals surface area contributed by atoms with E-state index >= 15 is 0 Å². The predicted molar refractivity (Wildman–Crippen MR) is 72.0 cm³/mol. The van der Waals surface area contributed by atoms with Gasteiger partial charge in [-0.05, 0) is 24.3 Å². The molecule has 0 aliphatic carbocycles. The fourth-order valence-electron chi connectivity index (χ4n) is 1.54. The van der Waals surface area contributed by atoms with Crippen molar-refractivity contribution < 1.29 is 4.42 Å². The van der Waals surface area contributed by atoms with E-state index in [4.69, 9.17) is 20.2 Å². The zero-order valence-corrected chi connectivity index (χ0v) is 11.0. The van der Waals surface area contributed by atoms with E-state index in [1.54, 1.807) is 49.4 Å². The molecule has 0 bridgehead atoms. The van der Waals surface area contributed by atoms with Crippen molar-refractivity contribution in [1.82, 2.24) is 10.2 Å². The van der Waals surface area contributed by atoms with Gasteiger partial charge in [-0.2, -0.15) is 15.8 Å². The monoisotopic (exact) mass is 276 g/mol. The summed E-state index contributed by atoms with van der Waals surface area (Å²) in [5.41, 5.74) is 0.925. The lowest BCUT2D eigenvalue weighted by Crippen LogP contribution is -2.00. The van der Waals surface area contributed by atoms with Gasteiger partial charge in [0.1, 0.15) is 23.9 Å². The van der Waals surface area contributed by atoms with Gasteiger partial charge in [-0.25, -0.2) is 0 Å². The highest BCUT2D eigenvalue weighted by Gasteiger charge is 2.08. The number of aromatic nitrogens is 2. The maximum Gasteiger partial charge on any atom is 0.247 e. The second kappa shape index (κ2) is 6.01. The van der Waals surface area contributed by atoms with E-state index in [-0.39, 0.29) is 11.3 Å². The van der Waals surface area contributed by atoms with Crippen LogP contribution < -0.4 is 5.32 Å². The van der Waals surface area contributed by atoms with Crippen molar-refractivity contribution in [2.24, 2.45) is 0 Å². The highest BCUT2D eigenvalue weighted by atomic mass is 16.4. The molecule has 0 aliphatic heterocycles. The number of anilines is 1. The third-order valence-electron chi connectivity index (χ3n) is 2.51. The minimum Gasteiger partial charge on any atom is -0.421 e. The predicted octanol–water partition coefficient (Wildman–Crippen LogP) is 2.28. The highest BCUT2D eigenvalue weighted by Crippen LogP contribution is 2.21. The Labute approximate surface area is 120 Å². The van der Waals surface area contributed by atoms with E-state index in [0.717, 1.165) is 5.56 Å². The first-order chi connectivity index (χ1) is 10.2. The highest BCUT2D eigenvalue weighted by molar-refractivity contribution is 5.62. The van der Waals surface area contributed by atoms with Crippen molar-refractivity contribution in [1.29, 1.82) is 15.8 Å². The molecule has 2 aromatic rings. The maximum atomic E-state index is 8.95. The smallest absolute Gasteiger partial charge is 0.247 e. The SMILES string of the molecule is Cc1nnc(-c2ccc(NC(C#N)=C(C#N)C#N)cc2)o1. The van der Waals surface area contributed by atoms with Gasteiger partial charge in [-0.3, -0.25) is 0 Å². The second-order valence-corrected chi connectivity index (χ2v) is 3.91. The van der Waals surface area contributed by atoms with Gasteiger partial charge in [-0.1, -0.05) is 0 Å². The van der Waals surface area contributed by atoms with Crippen LogP contribution in [-0.2, 0) is 0 Å². The lowest BCUT2D eigenvalue weighted by atomic mass is 10.2. The molecule has 1 heterocycles. The van der Waals surface area contributed by atoms with Crippen LogP contribution in [0.5, 0.6) is 0 Å². The summed E-state index contributed by atoms with van der Waals surface area (Å²) in [7, 11) is 0. The van der Waals surface area contributed by atoms with Crippen molar-refractivity contribution in [2.45, 2.75) is 6.92 Å². The van der Waals surface area contributed by atoms with Crippen LogP contribution in [0.1, 0.15) is 5.89 Å². The summed E-state index contributed by atoms with van der Waals surface area (Å²) in [6.07, 6.45) is 0. The standard InChI is InChI=1S/C14H8N6O/c1-9-19-20-14(21-9)10-2-4-12(5-3-10)18-13(8-17)11(6-15)7-16/h2-5,18H,1H3. The van der Waals surface area contributed by atoms with Gasteiger partial charge in [0.05, 0.1) is 0 Å². The molecule has 0 radical (unpaired) electrons. The summed E-state index contributed by atoms with van der Waals surface area (Å²) >= 11 is 0. The van der Waals surface area contributed by atoms with Crippen molar-refractivity contribution >= 4 is 5.69 Å². The van der Waals surface area contributed by atoms with Gasteiger partial charge in [0, 0.05) is 18.2 Å². The van der Waals surface area contributed by atoms with Crippen LogP contribution in [0.3, 0.4) is 0 Å². The molecule has 7 nitrogen and oxygen atoms in total. The van der Waals surface area contributed by atoms with Crippen LogP contribution >= 0.6 is 0 Å². The minimum absolute atomic E-state index is 0.0959. The number of hydrogen-bond acceptors (Lipinski definition) is 7. The number of nitrogens with zero attached hydrogens (tertiary/aromatic N) is 5. The largest absolute Gasteiger partial charge is 0.421 e. The Hall–Kier alpha value is -3.63. The number of allylic oxidation sites excluding steroid dienone is 2. The second-order valence-electron chi connectivity index (χ2n) is 3.91. The molecule has 0 atom stereocenters. The molecule has 0 aliphatic rings. The molecule has 1 aromatic heterocycles. The molecule has 0 saturated carbocycles. The number of rotatable bonds is 3. The summed E-state index contributed by atoms with van der Waals surface area (Å²) in [5, 5.41) is 36.8. The average Bonchev–Trinajstić information content (AvgIpc) is 2.94. The number of benzene rings is 1. The minimum atomic E-state index is -0.269. The van der Waals surface area contributed by atoms with Crippen LogP contribution in [0.15, 0.2) is 40.0 Å². The molecule has 0 fully saturated rings. The zero-order valence-electron chi connectivity index (χ0n) is 11.0. The van der Waals surface area contributed by atoms with Crippen LogP contribution in [0.4, 0.5) is 5.69 Å². The van der Waals surface area contributed by atoms with Gasteiger partial charge in [0.15, 0.2) is 5.57 Å². The quantitative estimate of drug-likeness (QED) is 0.853. The maximum absolute atomic E-state index is 8.95. The van der Waals surface area contributed by atoms with Crippen LogP contribution in [0.2, 0.25) is 0 Å². The van der Waals surface area contributed by atoms with E-state index in [0.29, 0.717) is 17.5 Å². The molecule has 100 valence electrons. The number of nitriles is 3. The molecule has 0 saturated heterocycles. The Kier molecular flexibility index (Phi) is 3.95. The van der Waals surface area contributed by atoms with Gasteiger partial charge in [-0.15, -0.1) is 10.2 Å². The summed E-state index contributed by atoms with van der Waals surface area (Å²) in [6, 6.07) is 11.9. The van der Waals surface area contributed by atoms with Crippen LogP contribution in [-0.4, -0.2) is 10.2 Å². The van der Waals surface area contributed by atoms with E-state index in [1.165, 1.54) is 0 Å². The molecule has 1 N–H and O–H groups in total. The van der Waals surface area contributed by atoms with Crippen molar-refractivity contribution in [2.75, 3.05) is 5.32 Å². The third-order valence-corrected chi connectivity index (χ3v) is 2.51. The molecule has 0 unspecified atom stereocenters. The van der Waals surface area contributed by atoms with Crippen molar-refractivity contribution in [3.63, 3.8) is 0 Å². The summed E-state index contributed by atoms with van der Waals surface area (Å²) in [4.78, 5) is 0. The fourth-order valence-corrected chi connectivity index (χ4v) is 1.54. The van der Waals surface area contributed by atoms with Gasteiger partial charge in [0.2, 0.25) is 11.8 Å². The summed E-state index contributed by atoms with van der Waals surface area (Å²) in [5.74, 6) is 0.861. The van der Waals surface area contributed by atoms with Crippen molar-refractivity contribution in [3.8, 4) is 29.7 Å².